The normalized spacial score (nSPS) is 23.2. The molecule has 5 rings (SSSR count). The summed E-state index contributed by atoms with van der Waals surface area (Å²) in [4.78, 5) is 9.35. The largest absolute Gasteiger partial charge is 0.460 e. The fraction of sp³-hybridized carbons (Fsp3) is 0.333. The molecule has 1 aliphatic heterocycles. The van der Waals surface area contributed by atoms with Crippen molar-refractivity contribution < 1.29 is 4.74 Å². The number of hydrogen-bond donors (Lipinski definition) is 2. The van der Waals surface area contributed by atoms with E-state index in [-0.39, 0.29) is 6.04 Å². The number of nitrogens with two attached hydrogens (primary N) is 1. The highest BCUT2D eigenvalue weighted by atomic mass is 16.5. The summed E-state index contributed by atoms with van der Waals surface area (Å²) in [5.41, 5.74) is 11.7. The number of rotatable bonds is 3. The number of ether oxygens (including phenoxy) is 1. The van der Waals surface area contributed by atoms with E-state index in [1.54, 1.807) is 0 Å². The molecule has 0 aromatic heterocycles. The molecule has 5 nitrogen and oxygen atoms in total. The van der Waals surface area contributed by atoms with Crippen LogP contribution in [0.5, 0.6) is 0 Å². The Bertz CT molecular complexity index is 914. The van der Waals surface area contributed by atoms with Crippen molar-refractivity contribution in [2.75, 3.05) is 5.32 Å². The van der Waals surface area contributed by atoms with Crippen molar-refractivity contribution >= 4 is 23.2 Å². The van der Waals surface area contributed by atoms with Gasteiger partial charge in [0.15, 0.2) is 0 Å². The SMILES string of the molecule is NC(=Nc1ccc2c(c1)COC(=N[C@@H]1CCc3ccccc31)N2)C1CC1. The van der Waals surface area contributed by atoms with Crippen LogP contribution in [0.15, 0.2) is 52.4 Å². The minimum absolute atomic E-state index is 0.178. The Morgan fingerprint density at radius 3 is 2.85 bits per heavy atom. The number of nitrogens with one attached hydrogen (secondary N) is 1. The van der Waals surface area contributed by atoms with Crippen LogP contribution < -0.4 is 11.1 Å². The molecule has 0 saturated heterocycles. The molecule has 5 heteroatoms. The predicted molar refractivity (Wildman–Crippen MR) is 104 cm³/mol. The maximum Gasteiger partial charge on any atom is 0.290 e. The van der Waals surface area contributed by atoms with Gasteiger partial charge in [-0.25, -0.2) is 9.98 Å². The monoisotopic (exact) mass is 346 g/mol. The molecule has 26 heavy (non-hydrogen) atoms. The van der Waals surface area contributed by atoms with Gasteiger partial charge in [0.25, 0.3) is 6.02 Å². The Balaban J connectivity index is 1.35. The molecule has 2 aromatic carbocycles. The quantitative estimate of drug-likeness (QED) is 0.650. The summed E-state index contributed by atoms with van der Waals surface area (Å²) in [7, 11) is 0. The molecule has 1 saturated carbocycles. The van der Waals surface area contributed by atoms with Crippen molar-refractivity contribution in [2.24, 2.45) is 21.6 Å². The highest BCUT2D eigenvalue weighted by Gasteiger charge is 2.26. The van der Waals surface area contributed by atoms with E-state index in [0.717, 1.165) is 48.5 Å². The predicted octanol–water partition coefficient (Wildman–Crippen LogP) is 4.07. The van der Waals surface area contributed by atoms with Gasteiger partial charge in [0.1, 0.15) is 12.4 Å². The number of hydrogen-bond acceptors (Lipinski definition) is 3. The Morgan fingerprint density at radius 2 is 1.96 bits per heavy atom. The molecular weight excluding hydrogens is 324 g/mol. The lowest BCUT2D eigenvalue weighted by molar-refractivity contribution is 0.282. The number of benzene rings is 2. The molecule has 3 aliphatic rings. The Hall–Kier alpha value is -2.82. The fourth-order valence-electron chi connectivity index (χ4n) is 3.69. The van der Waals surface area contributed by atoms with Gasteiger partial charge in [-0.3, -0.25) is 0 Å². The molecule has 3 N–H and O–H groups in total. The van der Waals surface area contributed by atoms with Crippen molar-refractivity contribution in [3.05, 3.63) is 59.2 Å². The summed E-state index contributed by atoms with van der Waals surface area (Å²) in [5, 5.41) is 3.32. The highest BCUT2D eigenvalue weighted by Crippen LogP contribution is 2.35. The third kappa shape index (κ3) is 2.94. The van der Waals surface area contributed by atoms with E-state index >= 15 is 0 Å². The first-order chi connectivity index (χ1) is 12.8. The Kier molecular flexibility index (Phi) is 3.66. The molecular formula is C21H22N4O. The average molecular weight is 346 g/mol. The van der Waals surface area contributed by atoms with Gasteiger partial charge in [0.2, 0.25) is 0 Å². The van der Waals surface area contributed by atoms with Gasteiger partial charge < -0.3 is 15.8 Å². The van der Waals surface area contributed by atoms with Crippen LogP contribution in [0.1, 0.15) is 42.0 Å². The van der Waals surface area contributed by atoms with Gasteiger partial charge in [0.05, 0.1) is 11.7 Å². The summed E-state index contributed by atoms with van der Waals surface area (Å²) in [6.07, 6.45) is 4.44. The smallest absolute Gasteiger partial charge is 0.290 e. The highest BCUT2D eigenvalue weighted by molar-refractivity contribution is 5.92. The minimum Gasteiger partial charge on any atom is -0.460 e. The first-order valence-corrected chi connectivity index (χ1v) is 9.29. The summed E-state index contributed by atoms with van der Waals surface area (Å²) < 4.78 is 5.86. The van der Waals surface area contributed by atoms with Crippen LogP contribution in [0.25, 0.3) is 0 Å². The van der Waals surface area contributed by atoms with Crippen LogP contribution in [-0.4, -0.2) is 11.9 Å². The van der Waals surface area contributed by atoms with E-state index in [0.29, 0.717) is 18.5 Å². The standard InChI is InChI=1S/C21H22N4O/c22-20(14-5-6-14)23-16-8-10-18-15(11-16)12-26-21(24-18)25-19-9-7-13-3-1-2-4-17(13)19/h1-4,8,10-11,14,19H,5-7,9,12H2,(H2,22,23)(H,24,25)/t19-/m1/s1. The maximum atomic E-state index is 6.02. The number of aryl methyl sites for hydroxylation is 1. The average Bonchev–Trinajstić information content (AvgIpc) is 3.44. The maximum absolute atomic E-state index is 6.02. The van der Waals surface area contributed by atoms with Crippen molar-refractivity contribution in [1.29, 1.82) is 0 Å². The molecule has 2 aliphatic carbocycles. The number of fused-ring (bicyclic) bond motifs is 2. The van der Waals surface area contributed by atoms with Gasteiger partial charge in [0, 0.05) is 17.2 Å². The van der Waals surface area contributed by atoms with Gasteiger partial charge in [-0.1, -0.05) is 24.3 Å². The van der Waals surface area contributed by atoms with Crippen LogP contribution in [-0.2, 0) is 17.8 Å². The fourth-order valence-corrected chi connectivity index (χ4v) is 3.69. The number of nitrogens with zero attached hydrogens (tertiary/aromatic N) is 2. The van der Waals surface area contributed by atoms with Crippen LogP contribution >= 0.6 is 0 Å². The number of anilines is 1. The van der Waals surface area contributed by atoms with Crippen molar-refractivity contribution in [2.45, 2.75) is 38.3 Å². The molecule has 1 fully saturated rings. The van der Waals surface area contributed by atoms with E-state index in [4.69, 9.17) is 15.5 Å². The lowest BCUT2D eigenvalue weighted by atomic mass is 10.1. The third-order valence-corrected chi connectivity index (χ3v) is 5.32. The molecule has 0 amide bonds. The van der Waals surface area contributed by atoms with Gasteiger partial charge in [-0.15, -0.1) is 0 Å². The first-order valence-electron chi connectivity index (χ1n) is 9.29. The van der Waals surface area contributed by atoms with E-state index in [1.165, 1.54) is 11.1 Å². The second-order valence-electron chi connectivity index (χ2n) is 7.25. The molecule has 2 aromatic rings. The summed E-state index contributed by atoms with van der Waals surface area (Å²) in [5.74, 6) is 1.23. The summed E-state index contributed by atoms with van der Waals surface area (Å²) >= 11 is 0. The topological polar surface area (TPSA) is 72.0 Å². The summed E-state index contributed by atoms with van der Waals surface area (Å²) in [6, 6.07) is 15.4. The zero-order valence-electron chi connectivity index (χ0n) is 14.6. The molecule has 0 radical (unpaired) electrons. The van der Waals surface area contributed by atoms with E-state index < -0.39 is 0 Å². The van der Waals surface area contributed by atoms with E-state index in [2.05, 4.69) is 34.6 Å². The van der Waals surface area contributed by atoms with Crippen molar-refractivity contribution in [1.82, 2.24) is 0 Å². The van der Waals surface area contributed by atoms with E-state index in [1.807, 2.05) is 18.2 Å². The van der Waals surface area contributed by atoms with Gasteiger partial charge in [-0.05, 0) is 55.0 Å². The Morgan fingerprint density at radius 1 is 1.08 bits per heavy atom. The molecule has 1 heterocycles. The summed E-state index contributed by atoms with van der Waals surface area (Å²) in [6.45, 7) is 0.502. The van der Waals surface area contributed by atoms with Crippen molar-refractivity contribution in [3.8, 4) is 0 Å². The van der Waals surface area contributed by atoms with E-state index in [9.17, 15) is 0 Å². The lowest BCUT2D eigenvalue weighted by Gasteiger charge is -2.22. The third-order valence-electron chi connectivity index (χ3n) is 5.32. The first kappa shape index (κ1) is 15.4. The lowest BCUT2D eigenvalue weighted by Crippen LogP contribution is -2.23. The zero-order valence-corrected chi connectivity index (χ0v) is 14.6. The van der Waals surface area contributed by atoms with Gasteiger partial charge in [-0.2, -0.15) is 0 Å². The zero-order chi connectivity index (χ0) is 17.5. The van der Waals surface area contributed by atoms with Crippen LogP contribution in [0.3, 0.4) is 0 Å². The van der Waals surface area contributed by atoms with Crippen molar-refractivity contribution in [3.63, 3.8) is 0 Å². The molecule has 1 atom stereocenters. The minimum atomic E-state index is 0.178. The molecule has 0 bridgehead atoms. The number of aliphatic imine (C=N–C) groups is 2. The second kappa shape index (κ2) is 6.16. The molecule has 0 unspecified atom stereocenters. The molecule has 0 spiro atoms. The second-order valence-corrected chi connectivity index (χ2v) is 7.25. The molecule has 132 valence electrons. The van der Waals surface area contributed by atoms with Crippen LogP contribution in [0.2, 0.25) is 0 Å². The van der Waals surface area contributed by atoms with Crippen LogP contribution in [0, 0.1) is 5.92 Å². The number of amidine groups is 2. The Labute approximate surface area is 153 Å². The van der Waals surface area contributed by atoms with Crippen LogP contribution in [0.4, 0.5) is 11.4 Å². The van der Waals surface area contributed by atoms with Gasteiger partial charge >= 0.3 is 0 Å².